The molecule has 1 aliphatic heterocycles. The van der Waals surface area contributed by atoms with Gasteiger partial charge in [0.05, 0.1) is 5.56 Å². The van der Waals surface area contributed by atoms with Crippen molar-refractivity contribution >= 4 is 29.3 Å². The number of halogens is 1. The maximum absolute atomic E-state index is 14.1. The van der Waals surface area contributed by atoms with Crippen LogP contribution in [0.4, 0.5) is 10.1 Å². The Bertz CT molecular complexity index is 836. The van der Waals surface area contributed by atoms with Crippen LogP contribution < -0.4 is 5.32 Å². The smallest absolute Gasteiger partial charge is 0.257 e. The first kappa shape index (κ1) is 19.4. The minimum absolute atomic E-state index is 0.165. The van der Waals surface area contributed by atoms with Gasteiger partial charge in [-0.1, -0.05) is 0 Å². The number of aryl methyl sites for hydroxylation is 1. The quantitative estimate of drug-likeness (QED) is 0.868. The second kappa shape index (κ2) is 8.52. The van der Waals surface area contributed by atoms with Crippen molar-refractivity contribution < 1.29 is 14.0 Å². The number of hydrogen-bond donors (Lipinski definition) is 1. The largest absolute Gasteiger partial charge is 0.339 e. The summed E-state index contributed by atoms with van der Waals surface area (Å²) in [6.07, 6.45) is 3.34. The first-order valence-corrected chi connectivity index (χ1v) is 9.99. The van der Waals surface area contributed by atoms with Gasteiger partial charge in [-0.05, 0) is 61.6 Å². The molecule has 7 heteroatoms. The Balaban J connectivity index is 1.76. The van der Waals surface area contributed by atoms with E-state index in [1.54, 1.807) is 24.1 Å². The summed E-state index contributed by atoms with van der Waals surface area (Å²) in [6.45, 7) is 1.83. The van der Waals surface area contributed by atoms with Gasteiger partial charge in [-0.15, -0.1) is 0 Å². The molecule has 1 aromatic heterocycles. The number of aromatic nitrogens is 1. The Labute approximate surface area is 162 Å². The summed E-state index contributed by atoms with van der Waals surface area (Å²) in [5.41, 5.74) is 1.65. The Morgan fingerprint density at radius 2 is 1.93 bits per heavy atom. The fourth-order valence-corrected chi connectivity index (χ4v) is 4.11. The van der Waals surface area contributed by atoms with Crippen molar-refractivity contribution in [1.82, 2.24) is 9.88 Å². The number of carbonyl (C=O) groups excluding carboxylic acids is 2. The van der Waals surface area contributed by atoms with Crippen LogP contribution in [0.3, 0.4) is 0 Å². The third-order valence-corrected chi connectivity index (χ3v) is 5.68. The number of pyridine rings is 1. The molecule has 0 saturated carbocycles. The van der Waals surface area contributed by atoms with E-state index in [2.05, 4.69) is 10.3 Å². The van der Waals surface area contributed by atoms with E-state index < -0.39 is 11.7 Å². The third kappa shape index (κ3) is 4.86. The van der Waals surface area contributed by atoms with Crippen molar-refractivity contribution in [3.05, 3.63) is 59.2 Å². The van der Waals surface area contributed by atoms with Crippen molar-refractivity contribution in [1.29, 1.82) is 0 Å². The van der Waals surface area contributed by atoms with Gasteiger partial charge < -0.3 is 10.2 Å². The minimum Gasteiger partial charge on any atom is -0.339 e. The van der Waals surface area contributed by atoms with Gasteiger partial charge in [-0.25, -0.2) is 4.39 Å². The molecule has 5 nitrogen and oxygen atoms in total. The summed E-state index contributed by atoms with van der Waals surface area (Å²) in [7, 11) is 1.75. The molecular weight excluding hydrogens is 365 g/mol. The third-order valence-electron chi connectivity index (χ3n) is 4.64. The molecule has 0 spiro atoms. The molecule has 2 amide bonds. The standard InChI is InChI=1S/C20H22FN3O2S/c1-13-3-4-14(12-22-13)19(25)23-17-10-15(9-16(21)11-17)20(26)24(2)18-5-7-27-8-6-18/h3-4,9-12,18H,5-8H2,1-2H3,(H,23,25). The lowest BCUT2D eigenvalue weighted by Crippen LogP contribution is -2.39. The van der Waals surface area contributed by atoms with E-state index in [4.69, 9.17) is 0 Å². The highest BCUT2D eigenvalue weighted by Gasteiger charge is 2.24. The number of rotatable bonds is 4. The highest BCUT2D eigenvalue weighted by Crippen LogP contribution is 2.23. The zero-order chi connectivity index (χ0) is 19.4. The molecule has 0 unspecified atom stereocenters. The zero-order valence-corrected chi connectivity index (χ0v) is 16.2. The van der Waals surface area contributed by atoms with Crippen LogP contribution in [0.5, 0.6) is 0 Å². The average molecular weight is 387 g/mol. The molecule has 1 aliphatic rings. The highest BCUT2D eigenvalue weighted by atomic mass is 32.2. The molecule has 1 aromatic carbocycles. The highest BCUT2D eigenvalue weighted by molar-refractivity contribution is 7.99. The van der Waals surface area contributed by atoms with Gasteiger partial charge in [-0.3, -0.25) is 14.6 Å². The van der Waals surface area contributed by atoms with E-state index >= 15 is 0 Å². The van der Waals surface area contributed by atoms with Crippen LogP contribution in [0, 0.1) is 12.7 Å². The van der Waals surface area contributed by atoms with Gasteiger partial charge >= 0.3 is 0 Å². The van der Waals surface area contributed by atoms with Crippen LogP contribution in [0.25, 0.3) is 0 Å². The van der Waals surface area contributed by atoms with Gasteiger partial charge in [0.2, 0.25) is 0 Å². The number of benzene rings is 1. The zero-order valence-electron chi connectivity index (χ0n) is 15.4. The Morgan fingerprint density at radius 3 is 2.59 bits per heavy atom. The Hall–Kier alpha value is -2.41. The van der Waals surface area contributed by atoms with Crippen molar-refractivity contribution in [3.8, 4) is 0 Å². The van der Waals surface area contributed by atoms with E-state index in [1.165, 1.54) is 24.4 Å². The molecule has 27 heavy (non-hydrogen) atoms. The predicted molar refractivity (Wildman–Crippen MR) is 106 cm³/mol. The maximum atomic E-state index is 14.1. The molecule has 0 atom stereocenters. The van der Waals surface area contributed by atoms with Crippen molar-refractivity contribution in [2.75, 3.05) is 23.9 Å². The summed E-state index contributed by atoms with van der Waals surface area (Å²) in [6, 6.07) is 7.47. The number of nitrogens with zero attached hydrogens (tertiary/aromatic N) is 2. The average Bonchev–Trinajstić information content (AvgIpc) is 2.67. The molecule has 1 fully saturated rings. The lowest BCUT2D eigenvalue weighted by molar-refractivity contribution is 0.0722. The number of hydrogen-bond acceptors (Lipinski definition) is 4. The van der Waals surface area contributed by atoms with Gasteiger partial charge in [-0.2, -0.15) is 11.8 Å². The molecule has 1 saturated heterocycles. The van der Waals surface area contributed by atoms with Crippen molar-refractivity contribution in [3.63, 3.8) is 0 Å². The number of anilines is 1. The first-order chi connectivity index (χ1) is 12.9. The van der Waals surface area contributed by atoms with Crippen LogP contribution >= 0.6 is 11.8 Å². The number of nitrogens with one attached hydrogen (secondary N) is 1. The van der Waals surface area contributed by atoms with E-state index in [0.29, 0.717) is 5.56 Å². The Kier molecular flexibility index (Phi) is 6.11. The lowest BCUT2D eigenvalue weighted by atomic mass is 10.1. The van der Waals surface area contributed by atoms with E-state index in [9.17, 15) is 14.0 Å². The predicted octanol–water partition coefficient (Wildman–Crippen LogP) is 3.75. The van der Waals surface area contributed by atoms with Crippen LogP contribution in [0.2, 0.25) is 0 Å². The van der Waals surface area contributed by atoms with Gasteiger partial charge in [0.15, 0.2) is 0 Å². The minimum atomic E-state index is -0.564. The monoisotopic (exact) mass is 387 g/mol. The number of carbonyl (C=O) groups is 2. The van der Waals surface area contributed by atoms with Gasteiger partial charge in [0.25, 0.3) is 11.8 Å². The Morgan fingerprint density at radius 1 is 1.19 bits per heavy atom. The fraction of sp³-hybridized carbons (Fsp3) is 0.350. The summed E-state index contributed by atoms with van der Waals surface area (Å²) >= 11 is 1.88. The van der Waals surface area contributed by atoms with Crippen LogP contribution in [-0.4, -0.2) is 46.3 Å². The van der Waals surface area contributed by atoms with Gasteiger partial charge in [0.1, 0.15) is 5.82 Å². The summed E-state index contributed by atoms with van der Waals surface area (Å²) in [5.74, 6) is 0.850. The van der Waals surface area contributed by atoms with Crippen molar-refractivity contribution in [2.24, 2.45) is 0 Å². The first-order valence-electron chi connectivity index (χ1n) is 8.83. The summed E-state index contributed by atoms with van der Waals surface area (Å²) in [5, 5.41) is 2.64. The van der Waals surface area contributed by atoms with Crippen LogP contribution in [-0.2, 0) is 0 Å². The molecule has 2 heterocycles. The summed E-state index contributed by atoms with van der Waals surface area (Å²) < 4.78 is 14.1. The fourth-order valence-electron chi connectivity index (χ4n) is 3.03. The molecule has 2 aromatic rings. The number of thioether (sulfide) groups is 1. The molecule has 3 rings (SSSR count). The van der Waals surface area contributed by atoms with E-state index in [0.717, 1.165) is 30.0 Å². The number of amides is 2. The molecule has 1 N–H and O–H groups in total. The van der Waals surface area contributed by atoms with Gasteiger partial charge in [0, 0.05) is 36.2 Å². The van der Waals surface area contributed by atoms with Crippen LogP contribution in [0.1, 0.15) is 39.3 Å². The molecule has 0 aliphatic carbocycles. The molecule has 142 valence electrons. The molecule has 0 radical (unpaired) electrons. The normalized spacial score (nSPS) is 14.6. The van der Waals surface area contributed by atoms with E-state index in [-0.39, 0.29) is 23.2 Å². The van der Waals surface area contributed by atoms with E-state index in [1.807, 2.05) is 18.7 Å². The topological polar surface area (TPSA) is 62.3 Å². The summed E-state index contributed by atoms with van der Waals surface area (Å²) in [4.78, 5) is 30.9. The lowest BCUT2D eigenvalue weighted by Gasteiger charge is -2.31. The molecule has 0 bridgehead atoms. The second-order valence-corrected chi connectivity index (χ2v) is 7.86. The second-order valence-electron chi connectivity index (χ2n) is 6.63. The van der Waals surface area contributed by atoms with Crippen LogP contribution in [0.15, 0.2) is 36.5 Å². The van der Waals surface area contributed by atoms with Crippen molar-refractivity contribution in [2.45, 2.75) is 25.8 Å². The molecular formula is C20H22FN3O2S. The SMILES string of the molecule is Cc1ccc(C(=O)Nc2cc(F)cc(C(=O)N(C)C3CCSCC3)c2)cn1. The maximum Gasteiger partial charge on any atom is 0.257 e.